The van der Waals surface area contributed by atoms with Crippen LogP contribution in [0.2, 0.25) is 0 Å². The van der Waals surface area contributed by atoms with Crippen molar-refractivity contribution >= 4 is 23.2 Å². The van der Waals surface area contributed by atoms with Crippen molar-refractivity contribution in [2.24, 2.45) is 0 Å². The average molecular weight is 317 g/mol. The van der Waals surface area contributed by atoms with E-state index >= 15 is 0 Å². The lowest BCUT2D eigenvalue weighted by atomic mass is 10.0. The lowest BCUT2D eigenvalue weighted by molar-refractivity contribution is -0.125. The zero-order chi connectivity index (χ0) is 15.9. The number of carbonyl (C=O) groups excluding carboxylic acids is 2. The van der Waals surface area contributed by atoms with Crippen molar-refractivity contribution in [3.63, 3.8) is 0 Å². The van der Waals surface area contributed by atoms with E-state index in [2.05, 4.69) is 5.32 Å². The molecule has 0 bridgehead atoms. The molecule has 0 aliphatic carbocycles. The SMILES string of the molecule is CC[C@H](NC(=O)COC(=O)c1cccs1)c1ccc(C)cc1. The van der Waals surface area contributed by atoms with Crippen molar-refractivity contribution in [1.82, 2.24) is 5.32 Å². The predicted octanol–water partition coefficient (Wildman–Crippen LogP) is 3.48. The fourth-order valence-corrected chi connectivity index (χ4v) is 2.67. The zero-order valence-electron chi connectivity index (χ0n) is 12.7. The first-order valence-electron chi connectivity index (χ1n) is 7.16. The van der Waals surface area contributed by atoms with E-state index in [1.807, 2.05) is 38.1 Å². The lowest BCUT2D eigenvalue weighted by Gasteiger charge is -2.17. The summed E-state index contributed by atoms with van der Waals surface area (Å²) in [5.41, 5.74) is 2.22. The van der Waals surface area contributed by atoms with E-state index in [9.17, 15) is 9.59 Å². The highest BCUT2D eigenvalue weighted by molar-refractivity contribution is 7.11. The van der Waals surface area contributed by atoms with Crippen molar-refractivity contribution in [1.29, 1.82) is 0 Å². The summed E-state index contributed by atoms with van der Waals surface area (Å²) in [5, 5.41) is 4.68. The van der Waals surface area contributed by atoms with Gasteiger partial charge in [0.1, 0.15) is 4.88 Å². The summed E-state index contributed by atoms with van der Waals surface area (Å²) in [5.74, 6) is -0.758. The lowest BCUT2D eigenvalue weighted by Crippen LogP contribution is -2.32. The molecule has 0 aliphatic rings. The Morgan fingerprint density at radius 3 is 2.55 bits per heavy atom. The maximum atomic E-state index is 11.9. The van der Waals surface area contributed by atoms with Crippen LogP contribution in [0.25, 0.3) is 0 Å². The minimum atomic E-state index is -0.464. The molecule has 2 aromatic rings. The molecule has 116 valence electrons. The van der Waals surface area contributed by atoms with E-state index < -0.39 is 5.97 Å². The molecule has 4 nitrogen and oxygen atoms in total. The number of thiophene rings is 1. The minimum Gasteiger partial charge on any atom is -0.451 e. The molecule has 1 atom stereocenters. The average Bonchev–Trinajstić information content (AvgIpc) is 3.05. The second kappa shape index (κ2) is 7.75. The van der Waals surface area contributed by atoms with Crippen LogP contribution < -0.4 is 5.32 Å². The smallest absolute Gasteiger partial charge is 0.348 e. The monoisotopic (exact) mass is 317 g/mol. The number of hydrogen-bond acceptors (Lipinski definition) is 4. The first-order valence-corrected chi connectivity index (χ1v) is 8.04. The molecule has 1 N–H and O–H groups in total. The van der Waals surface area contributed by atoms with Gasteiger partial charge in [0.25, 0.3) is 5.91 Å². The highest BCUT2D eigenvalue weighted by Crippen LogP contribution is 2.17. The van der Waals surface area contributed by atoms with Gasteiger partial charge in [-0.05, 0) is 30.4 Å². The van der Waals surface area contributed by atoms with Crippen molar-refractivity contribution in [2.45, 2.75) is 26.3 Å². The Bertz CT molecular complexity index is 620. The largest absolute Gasteiger partial charge is 0.451 e. The molecule has 22 heavy (non-hydrogen) atoms. The van der Waals surface area contributed by atoms with Gasteiger partial charge < -0.3 is 10.1 Å². The maximum Gasteiger partial charge on any atom is 0.348 e. The molecule has 0 saturated heterocycles. The summed E-state index contributed by atoms with van der Waals surface area (Å²) in [4.78, 5) is 24.1. The van der Waals surface area contributed by atoms with Crippen LogP contribution in [0.3, 0.4) is 0 Å². The number of amides is 1. The fraction of sp³-hybridized carbons (Fsp3) is 0.294. The highest BCUT2D eigenvalue weighted by Gasteiger charge is 2.15. The first-order chi connectivity index (χ1) is 10.6. The van der Waals surface area contributed by atoms with Crippen molar-refractivity contribution < 1.29 is 14.3 Å². The molecule has 5 heteroatoms. The summed E-state index contributed by atoms with van der Waals surface area (Å²) in [6, 6.07) is 11.4. The number of benzene rings is 1. The van der Waals surface area contributed by atoms with Crippen molar-refractivity contribution in [3.05, 3.63) is 57.8 Å². The van der Waals surface area contributed by atoms with Gasteiger partial charge in [-0.25, -0.2) is 4.79 Å². The molecule has 1 aromatic carbocycles. The van der Waals surface area contributed by atoms with Gasteiger partial charge >= 0.3 is 5.97 Å². The topological polar surface area (TPSA) is 55.4 Å². The van der Waals surface area contributed by atoms with Crippen LogP contribution in [0.1, 0.15) is 40.2 Å². The molecule has 0 aliphatic heterocycles. The van der Waals surface area contributed by atoms with E-state index in [0.29, 0.717) is 4.88 Å². The standard InChI is InChI=1S/C17H19NO3S/c1-3-14(13-8-6-12(2)7-9-13)18-16(19)11-21-17(20)15-5-4-10-22-15/h4-10,14H,3,11H2,1-2H3,(H,18,19)/t14-/m0/s1. The Hall–Kier alpha value is -2.14. The van der Waals surface area contributed by atoms with Gasteiger partial charge in [0.2, 0.25) is 0 Å². The Morgan fingerprint density at radius 1 is 1.23 bits per heavy atom. The predicted molar refractivity (Wildman–Crippen MR) is 87.0 cm³/mol. The summed E-state index contributed by atoms with van der Waals surface area (Å²) in [6.07, 6.45) is 0.772. The molecule has 2 rings (SSSR count). The van der Waals surface area contributed by atoms with E-state index in [1.54, 1.807) is 17.5 Å². The summed E-state index contributed by atoms with van der Waals surface area (Å²) in [7, 11) is 0. The van der Waals surface area contributed by atoms with Crippen molar-refractivity contribution in [3.8, 4) is 0 Å². The molecule has 0 unspecified atom stereocenters. The van der Waals surface area contributed by atoms with Crippen LogP contribution in [0, 0.1) is 6.92 Å². The highest BCUT2D eigenvalue weighted by atomic mass is 32.1. The summed E-state index contributed by atoms with van der Waals surface area (Å²) >= 11 is 1.29. The van der Waals surface area contributed by atoms with E-state index in [1.165, 1.54) is 16.9 Å². The molecule has 1 amide bonds. The number of esters is 1. The van der Waals surface area contributed by atoms with Gasteiger partial charge in [-0.3, -0.25) is 4.79 Å². The van der Waals surface area contributed by atoms with Crippen LogP contribution in [0.4, 0.5) is 0 Å². The van der Waals surface area contributed by atoms with E-state index in [0.717, 1.165) is 12.0 Å². The van der Waals surface area contributed by atoms with Crippen LogP contribution in [-0.2, 0) is 9.53 Å². The number of hydrogen-bond donors (Lipinski definition) is 1. The summed E-state index contributed by atoms with van der Waals surface area (Å²) < 4.78 is 5.01. The molecule has 0 fully saturated rings. The fourth-order valence-electron chi connectivity index (χ4n) is 2.05. The van der Waals surface area contributed by atoms with Gasteiger partial charge in [-0.1, -0.05) is 42.8 Å². The van der Waals surface area contributed by atoms with Gasteiger partial charge in [-0.2, -0.15) is 0 Å². The van der Waals surface area contributed by atoms with Gasteiger partial charge in [0, 0.05) is 0 Å². The maximum absolute atomic E-state index is 11.9. The molecular weight excluding hydrogens is 298 g/mol. The third kappa shape index (κ3) is 4.43. The molecule has 0 radical (unpaired) electrons. The molecule has 0 spiro atoms. The van der Waals surface area contributed by atoms with Crippen LogP contribution in [0.5, 0.6) is 0 Å². The Balaban J connectivity index is 1.87. The minimum absolute atomic E-state index is 0.0754. The van der Waals surface area contributed by atoms with Crippen LogP contribution >= 0.6 is 11.3 Å². The number of nitrogens with one attached hydrogen (secondary N) is 1. The Morgan fingerprint density at radius 2 is 1.95 bits per heavy atom. The number of ether oxygens (including phenoxy) is 1. The normalized spacial score (nSPS) is 11.7. The first kappa shape index (κ1) is 16.2. The number of carbonyl (C=O) groups is 2. The van der Waals surface area contributed by atoms with E-state index in [-0.39, 0.29) is 18.6 Å². The number of aryl methyl sites for hydroxylation is 1. The third-order valence-corrected chi connectivity index (χ3v) is 4.13. The van der Waals surface area contributed by atoms with Gasteiger partial charge in [0.05, 0.1) is 6.04 Å². The van der Waals surface area contributed by atoms with Crippen LogP contribution in [0.15, 0.2) is 41.8 Å². The molecule has 1 aromatic heterocycles. The second-order valence-electron chi connectivity index (χ2n) is 4.99. The molecular formula is C17H19NO3S. The van der Waals surface area contributed by atoms with Gasteiger partial charge in [-0.15, -0.1) is 11.3 Å². The quantitative estimate of drug-likeness (QED) is 0.830. The van der Waals surface area contributed by atoms with Crippen molar-refractivity contribution in [2.75, 3.05) is 6.61 Å². The Kier molecular flexibility index (Phi) is 5.72. The van der Waals surface area contributed by atoms with Crippen LogP contribution in [-0.4, -0.2) is 18.5 Å². The van der Waals surface area contributed by atoms with Gasteiger partial charge in [0.15, 0.2) is 6.61 Å². The Labute approximate surface area is 134 Å². The molecule has 0 saturated carbocycles. The number of rotatable bonds is 6. The van der Waals surface area contributed by atoms with E-state index in [4.69, 9.17) is 4.74 Å². The summed E-state index contributed by atoms with van der Waals surface area (Å²) in [6.45, 7) is 3.76. The third-order valence-electron chi connectivity index (χ3n) is 3.28. The zero-order valence-corrected chi connectivity index (χ0v) is 13.5. The second-order valence-corrected chi connectivity index (χ2v) is 5.94. The molecule has 1 heterocycles.